The first-order valence-corrected chi connectivity index (χ1v) is 8.37. The molecule has 0 spiro atoms. The van der Waals surface area contributed by atoms with Crippen molar-refractivity contribution in [1.82, 2.24) is 14.1 Å². The van der Waals surface area contributed by atoms with E-state index in [0.29, 0.717) is 23.7 Å². The molecule has 0 radical (unpaired) electrons. The predicted molar refractivity (Wildman–Crippen MR) is 76.5 cm³/mol. The molecule has 1 aromatic heterocycles. The Morgan fingerprint density at radius 2 is 1.74 bits per heavy atom. The first-order chi connectivity index (χ1) is 8.93. The molecule has 1 heterocycles. The minimum absolute atomic E-state index is 0.335. The Hall–Kier alpha value is -0.880. The number of aryl methyl sites for hydroxylation is 2. The van der Waals surface area contributed by atoms with Crippen LogP contribution in [0.25, 0.3) is 0 Å². The second-order valence-electron chi connectivity index (χ2n) is 4.86. The summed E-state index contributed by atoms with van der Waals surface area (Å²) in [4.78, 5) is 0.335. The van der Waals surface area contributed by atoms with Gasteiger partial charge in [-0.25, -0.2) is 8.42 Å². The van der Waals surface area contributed by atoms with E-state index in [2.05, 4.69) is 18.9 Å². The largest absolute Gasteiger partial charge is 0.274 e. The van der Waals surface area contributed by atoms with Gasteiger partial charge in [0.2, 0.25) is 10.0 Å². The first-order valence-electron chi connectivity index (χ1n) is 6.93. The minimum Gasteiger partial charge on any atom is -0.274 e. The van der Waals surface area contributed by atoms with E-state index >= 15 is 0 Å². The fraction of sp³-hybridized carbons (Fsp3) is 0.769. The van der Waals surface area contributed by atoms with Crippen molar-refractivity contribution in [2.24, 2.45) is 7.05 Å². The van der Waals surface area contributed by atoms with Gasteiger partial charge in [-0.05, 0) is 19.8 Å². The summed E-state index contributed by atoms with van der Waals surface area (Å²) in [7, 11) is -1.66. The fourth-order valence-corrected chi connectivity index (χ4v) is 3.71. The molecule has 110 valence electrons. The van der Waals surface area contributed by atoms with Crippen LogP contribution in [-0.4, -0.2) is 35.6 Å². The average Bonchev–Trinajstić information content (AvgIpc) is 2.69. The molecule has 0 N–H and O–H groups in total. The number of rotatable bonds is 8. The van der Waals surface area contributed by atoms with Gasteiger partial charge in [0.05, 0.1) is 5.69 Å². The van der Waals surface area contributed by atoms with Crippen LogP contribution >= 0.6 is 0 Å². The molecule has 0 aliphatic carbocycles. The van der Waals surface area contributed by atoms with Gasteiger partial charge in [-0.15, -0.1) is 0 Å². The Kier molecular flexibility index (Phi) is 6.00. The topological polar surface area (TPSA) is 55.2 Å². The van der Waals surface area contributed by atoms with Crippen molar-refractivity contribution in [2.75, 3.05) is 13.1 Å². The molecule has 0 saturated heterocycles. The summed E-state index contributed by atoms with van der Waals surface area (Å²) in [5.41, 5.74) is 0.570. The highest BCUT2D eigenvalue weighted by molar-refractivity contribution is 7.89. The molecular weight excluding hydrogens is 262 g/mol. The van der Waals surface area contributed by atoms with E-state index in [-0.39, 0.29) is 0 Å². The highest BCUT2D eigenvalue weighted by atomic mass is 32.2. The molecule has 5 nitrogen and oxygen atoms in total. The van der Waals surface area contributed by atoms with E-state index < -0.39 is 10.0 Å². The van der Waals surface area contributed by atoms with Crippen molar-refractivity contribution in [3.05, 3.63) is 11.9 Å². The Labute approximate surface area is 116 Å². The number of nitrogens with zero attached hydrogens (tertiary/aromatic N) is 3. The van der Waals surface area contributed by atoms with Gasteiger partial charge in [0.1, 0.15) is 4.90 Å². The highest BCUT2D eigenvalue weighted by Gasteiger charge is 2.27. The van der Waals surface area contributed by atoms with Crippen LogP contribution in [0.2, 0.25) is 0 Å². The Morgan fingerprint density at radius 1 is 1.21 bits per heavy atom. The molecule has 0 aliphatic rings. The molecule has 0 unspecified atom stereocenters. The quantitative estimate of drug-likeness (QED) is 0.737. The maximum absolute atomic E-state index is 12.7. The first kappa shape index (κ1) is 16.2. The van der Waals surface area contributed by atoms with Gasteiger partial charge in [-0.2, -0.15) is 9.40 Å². The zero-order valence-electron chi connectivity index (χ0n) is 12.4. The molecule has 0 fully saturated rings. The normalized spacial score (nSPS) is 12.3. The maximum atomic E-state index is 12.7. The van der Waals surface area contributed by atoms with Crippen molar-refractivity contribution in [3.63, 3.8) is 0 Å². The van der Waals surface area contributed by atoms with Crippen molar-refractivity contribution >= 4 is 10.0 Å². The summed E-state index contributed by atoms with van der Waals surface area (Å²) in [5, 5.41) is 4.13. The van der Waals surface area contributed by atoms with Gasteiger partial charge in [0.25, 0.3) is 0 Å². The van der Waals surface area contributed by atoms with Crippen LogP contribution in [0, 0.1) is 6.92 Å². The molecule has 1 rings (SSSR count). The molecule has 0 bridgehead atoms. The maximum Gasteiger partial charge on any atom is 0.246 e. The second kappa shape index (κ2) is 7.05. The van der Waals surface area contributed by atoms with Gasteiger partial charge in [0.15, 0.2) is 0 Å². The molecule has 0 amide bonds. The summed E-state index contributed by atoms with van der Waals surface area (Å²) in [5.74, 6) is 0. The van der Waals surface area contributed by atoms with Crippen LogP contribution in [0.3, 0.4) is 0 Å². The van der Waals surface area contributed by atoms with Gasteiger partial charge in [-0.3, -0.25) is 4.68 Å². The van der Waals surface area contributed by atoms with E-state index in [0.717, 1.165) is 25.7 Å². The van der Waals surface area contributed by atoms with Crippen molar-refractivity contribution < 1.29 is 8.42 Å². The molecule has 0 aromatic carbocycles. The lowest BCUT2D eigenvalue weighted by atomic mass is 10.3. The number of unbranched alkanes of at least 4 members (excludes halogenated alkanes) is 2. The predicted octanol–water partition coefficient (Wildman–Crippen LogP) is 2.32. The number of aromatic nitrogens is 2. The van der Waals surface area contributed by atoms with Gasteiger partial charge in [-0.1, -0.05) is 26.7 Å². The summed E-state index contributed by atoms with van der Waals surface area (Å²) >= 11 is 0. The molecule has 0 atom stereocenters. The summed E-state index contributed by atoms with van der Waals surface area (Å²) in [6, 6.07) is 0. The van der Waals surface area contributed by atoms with Crippen LogP contribution in [0.5, 0.6) is 0 Å². The van der Waals surface area contributed by atoms with E-state index in [1.807, 2.05) is 0 Å². The molecule has 6 heteroatoms. The zero-order chi connectivity index (χ0) is 14.5. The smallest absolute Gasteiger partial charge is 0.246 e. The molecule has 19 heavy (non-hydrogen) atoms. The summed E-state index contributed by atoms with van der Waals surface area (Å²) in [6.45, 7) is 7.06. The van der Waals surface area contributed by atoms with Gasteiger partial charge >= 0.3 is 0 Å². The van der Waals surface area contributed by atoms with E-state index in [4.69, 9.17) is 0 Å². The van der Waals surface area contributed by atoms with Crippen LogP contribution in [0.15, 0.2) is 11.1 Å². The minimum atomic E-state index is -3.41. The van der Waals surface area contributed by atoms with Crippen LogP contribution in [-0.2, 0) is 17.1 Å². The highest BCUT2D eigenvalue weighted by Crippen LogP contribution is 2.19. The Morgan fingerprint density at radius 3 is 2.11 bits per heavy atom. The molecule has 0 aliphatic heterocycles. The van der Waals surface area contributed by atoms with Crippen molar-refractivity contribution in [1.29, 1.82) is 0 Å². The van der Waals surface area contributed by atoms with Gasteiger partial charge < -0.3 is 0 Å². The molecule has 1 aromatic rings. The monoisotopic (exact) mass is 287 g/mol. The Bertz CT molecular complexity index is 486. The second-order valence-corrected chi connectivity index (χ2v) is 6.77. The number of hydrogen-bond donors (Lipinski definition) is 0. The van der Waals surface area contributed by atoms with Crippen molar-refractivity contribution in [2.45, 2.75) is 51.3 Å². The molecular formula is C13H25N3O2S. The van der Waals surface area contributed by atoms with Gasteiger partial charge in [0, 0.05) is 26.3 Å². The van der Waals surface area contributed by atoms with Crippen LogP contribution in [0.4, 0.5) is 0 Å². The lowest BCUT2D eigenvalue weighted by Crippen LogP contribution is -2.33. The fourth-order valence-electron chi connectivity index (χ4n) is 1.99. The third-order valence-corrected chi connectivity index (χ3v) is 5.11. The average molecular weight is 287 g/mol. The molecule has 0 saturated carbocycles. The Balaban J connectivity index is 3.00. The van der Waals surface area contributed by atoms with E-state index in [9.17, 15) is 8.42 Å². The zero-order valence-corrected chi connectivity index (χ0v) is 13.2. The third-order valence-electron chi connectivity index (χ3n) is 3.11. The van der Waals surface area contributed by atoms with Crippen molar-refractivity contribution in [3.8, 4) is 0 Å². The lowest BCUT2D eigenvalue weighted by Gasteiger charge is -2.21. The van der Waals surface area contributed by atoms with Crippen LogP contribution in [0.1, 0.15) is 45.2 Å². The summed E-state index contributed by atoms with van der Waals surface area (Å²) in [6.07, 6.45) is 5.36. The summed E-state index contributed by atoms with van der Waals surface area (Å²) < 4.78 is 28.5. The van der Waals surface area contributed by atoms with E-state index in [1.54, 1.807) is 29.2 Å². The lowest BCUT2D eigenvalue weighted by molar-refractivity contribution is 0.395. The van der Waals surface area contributed by atoms with Crippen LogP contribution < -0.4 is 0 Å². The third kappa shape index (κ3) is 4.04. The SMILES string of the molecule is CCCCN(CCCC)S(=O)(=O)c1cn(C)nc1C. The standard InChI is InChI=1S/C13H25N3O2S/c1-5-7-9-16(10-8-6-2)19(17,18)13-11-15(4)14-12(13)3/h11H,5-10H2,1-4H3. The number of hydrogen-bond acceptors (Lipinski definition) is 3. The van der Waals surface area contributed by atoms with E-state index in [1.165, 1.54) is 0 Å². The number of sulfonamides is 1.